The Morgan fingerprint density at radius 2 is 2.00 bits per heavy atom. The summed E-state index contributed by atoms with van der Waals surface area (Å²) >= 11 is 6.14. The molecule has 1 heterocycles. The minimum atomic E-state index is -0.506. The third-order valence-electron chi connectivity index (χ3n) is 3.32. The minimum absolute atomic E-state index is 0.166. The first kappa shape index (κ1) is 15.4. The molecule has 5 nitrogen and oxygen atoms in total. The van der Waals surface area contributed by atoms with E-state index in [4.69, 9.17) is 25.5 Å². The lowest BCUT2D eigenvalue weighted by Gasteiger charge is -2.10. The van der Waals surface area contributed by atoms with E-state index < -0.39 is 5.63 Å². The van der Waals surface area contributed by atoms with Gasteiger partial charge in [0.2, 0.25) is 5.89 Å². The first-order chi connectivity index (χ1) is 11.1. The molecule has 0 amide bonds. The van der Waals surface area contributed by atoms with Crippen molar-refractivity contribution in [1.82, 2.24) is 4.98 Å². The highest BCUT2D eigenvalue weighted by molar-refractivity contribution is 6.33. The second kappa shape index (κ2) is 6.30. The number of ether oxygens (including phenoxy) is 2. The van der Waals surface area contributed by atoms with Gasteiger partial charge in [-0.15, -0.1) is 0 Å². The van der Waals surface area contributed by atoms with Crippen molar-refractivity contribution in [2.75, 3.05) is 13.7 Å². The Balaban J connectivity index is 2.24. The Morgan fingerprint density at radius 1 is 1.22 bits per heavy atom. The van der Waals surface area contributed by atoms with Gasteiger partial charge < -0.3 is 13.9 Å². The van der Waals surface area contributed by atoms with Crippen LogP contribution in [0.3, 0.4) is 0 Å². The molecule has 0 aliphatic heterocycles. The average Bonchev–Trinajstić information content (AvgIpc) is 2.55. The van der Waals surface area contributed by atoms with Crippen LogP contribution in [0.25, 0.3) is 22.4 Å². The monoisotopic (exact) mass is 331 g/mol. The maximum atomic E-state index is 12.3. The number of rotatable bonds is 4. The van der Waals surface area contributed by atoms with Gasteiger partial charge in [-0.2, -0.15) is 0 Å². The number of aromatic nitrogens is 1. The zero-order chi connectivity index (χ0) is 16.4. The number of fused-ring (bicyclic) bond motifs is 1. The molecule has 0 unspecified atom stereocenters. The Bertz CT molecular complexity index is 920. The molecule has 0 saturated carbocycles. The van der Waals surface area contributed by atoms with Gasteiger partial charge in [-0.25, -0.2) is 9.78 Å². The van der Waals surface area contributed by atoms with Crippen LogP contribution in [0.1, 0.15) is 6.92 Å². The topological polar surface area (TPSA) is 61.6 Å². The molecule has 3 aromatic rings. The van der Waals surface area contributed by atoms with E-state index in [9.17, 15) is 4.79 Å². The van der Waals surface area contributed by atoms with E-state index >= 15 is 0 Å². The summed E-state index contributed by atoms with van der Waals surface area (Å²) < 4.78 is 16.1. The second-order valence-corrected chi connectivity index (χ2v) is 5.15. The zero-order valence-corrected chi connectivity index (χ0v) is 13.4. The predicted octanol–water partition coefficient (Wildman–Crippen LogP) is 3.92. The van der Waals surface area contributed by atoms with E-state index in [-0.39, 0.29) is 5.89 Å². The summed E-state index contributed by atoms with van der Waals surface area (Å²) in [5.41, 5.74) is 0.506. The molecule has 0 fully saturated rings. The Morgan fingerprint density at radius 3 is 2.70 bits per heavy atom. The zero-order valence-electron chi connectivity index (χ0n) is 12.6. The molecule has 23 heavy (non-hydrogen) atoms. The maximum Gasteiger partial charge on any atom is 0.347 e. The van der Waals surface area contributed by atoms with E-state index in [1.54, 1.807) is 36.4 Å². The van der Waals surface area contributed by atoms with Gasteiger partial charge in [-0.3, -0.25) is 0 Å². The smallest absolute Gasteiger partial charge is 0.347 e. The molecule has 0 bridgehead atoms. The van der Waals surface area contributed by atoms with E-state index in [1.807, 2.05) is 6.92 Å². The molecule has 6 heteroatoms. The van der Waals surface area contributed by atoms with Crippen molar-refractivity contribution >= 4 is 22.5 Å². The highest BCUT2D eigenvalue weighted by Crippen LogP contribution is 2.32. The van der Waals surface area contributed by atoms with Crippen LogP contribution >= 0.6 is 11.6 Å². The van der Waals surface area contributed by atoms with Gasteiger partial charge in [0.1, 0.15) is 0 Å². The first-order valence-corrected chi connectivity index (χ1v) is 7.42. The molecular weight excluding hydrogens is 318 g/mol. The van der Waals surface area contributed by atoms with Gasteiger partial charge >= 0.3 is 5.63 Å². The van der Waals surface area contributed by atoms with Gasteiger partial charge in [0.15, 0.2) is 11.5 Å². The molecule has 0 aliphatic rings. The van der Waals surface area contributed by atoms with Gasteiger partial charge in [0.25, 0.3) is 0 Å². The highest BCUT2D eigenvalue weighted by Gasteiger charge is 2.15. The number of methoxy groups -OCH3 is 1. The molecular formula is C17H14ClNO4. The summed E-state index contributed by atoms with van der Waals surface area (Å²) in [5, 5.41) is 0.783. The van der Waals surface area contributed by atoms with Crippen molar-refractivity contribution in [3.63, 3.8) is 0 Å². The quantitative estimate of drug-likeness (QED) is 0.725. The summed E-state index contributed by atoms with van der Waals surface area (Å²) in [7, 11) is 1.53. The summed E-state index contributed by atoms with van der Waals surface area (Å²) in [4.78, 5) is 16.7. The standard InChI is InChI=1S/C17H14ClNO4/c1-3-22-15-8-11-13(9-14(15)21-2)19-16(23-17(11)20)10-6-4-5-7-12(10)18/h4-9H,3H2,1-2H3. The molecule has 0 radical (unpaired) electrons. The largest absolute Gasteiger partial charge is 0.493 e. The number of halogens is 1. The highest BCUT2D eigenvalue weighted by atomic mass is 35.5. The number of hydrogen-bond donors (Lipinski definition) is 0. The molecule has 3 rings (SSSR count). The van der Waals surface area contributed by atoms with Crippen molar-refractivity contribution in [3.05, 3.63) is 51.8 Å². The fraction of sp³-hybridized carbons (Fsp3) is 0.176. The fourth-order valence-electron chi connectivity index (χ4n) is 2.26. The lowest BCUT2D eigenvalue weighted by molar-refractivity contribution is 0.311. The normalized spacial score (nSPS) is 10.7. The molecule has 0 saturated heterocycles. The van der Waals surface area contributed by atoms with Crippen LogP contribution in [0.5, 0.6) is 11.5 Å². The van der Waals surface area contributed by atoms with Crippen molar-refractivity contribution in [3.8, 4) is 23.0 Å². The molecule has 0 aliphatic carbocycles. The van der Waals surface area contributed by atoms with Crippen LogP contribution in [0.4, 0.5) is 0 Å². The molecule has 2 aromatic carbocycles. The Kier molecular flexibility index (Phi) is 4.21. The fourth-order valence-corrected chi connectivity index (χ4v) is 2.47. The van der Waals surface area contributed by atoms with Gasteiger partial charge in [0, 0.05) is 12.1 Å². The average molecular weight is 332 g/mol. The van der Waals surface area contributed by atoms with Crippen molar-refractivity contribution in [2.24, 2.45) is 0 Å². The Hall–Kier alpha value is -2.53. The second-order valence-electron chi connectivity index (χ2n) is 4.74. The molecule has 0 spiro atoms. The molecule has 118 valence electrons. The van der Waals surface area contributed by atoms with E-state index in [0.29, 0.717) is 39.6 Å². The molecule has 0 N–H and O–H groups in total. The minimum Gasteiger partial charge on any atom is -0.493 e. The van der Waals surface area contributed by atoms with Crippen molar-refractivity contribution < 1.29 is 13.9 Å². The number of nitrogens with zero attached hydrogens (tertiary/aromatic N) is 1. The number of benzene rings is 2. The van der Waals surface area contributed by atoms with Gasteiger partial charge in [-0.1, -0.05) is 23.7 Å². The molecule has 1 aromatic heterocycles. The van der Waals surface area contributed by atoms with Crippen LogP contribution in [0.15, 0.2) is 45.6 Å². The summed E-state index contributed by atoms with van der Waals surface area (Å²) in [6, 6.07) is 10.3. The van der Waals surface area contributed by atoms with Crippen LogP contribution in [-0.2, 0) is 0 Å². The van der Waals surface area contributed by atoms with Gasteiger partial charge in [-0.05, 0) is 19.1 Å². The van der Waals surface area contributed by atoms with Crippen LogP contribution in [0, 0.1) is 0 Å². The van der Waals surface area contributed by atoms with E-state index in [0.717, 1.165) is 0 Å². The van der Waals surface area contributed by atoms with Crippen LogP contribution in [0.2, 0.25) is 5.02 Å². The predicted molar refractivity (Wildman–Crippen MR) is 88.4 cm³/mol. The van der Waals surface area contributed by atoms with Gasteiger partial charge in [0.05, 0.1) is 35.2 Å². The molecule has 0 atom stereocenters. The summed E-state index contributed by atoms with van der Waals surface area (Å²) in [5.74, 6) is 1.14. The first-order valence-electron chi connectivity index (χ1n) is 7.04. The Labute approximate surface area is 137 Å². The van der Waals surface area contributed by atoms with Crippen LogP contribution < -0.4 is 15.1 Å². The third kappa shape index (κ3) is 2.87. The van der Waals surface area contributed by atoms with Crippen molar-refractivity contribution in [2.45, 2.75) is 6.92 Å². The van der Waals surface area contributed by atoms with E-state index in [2.05, 4.69) is 4.98 Å². The van der Waals surface area contributed by atoms with Crippen molar-refractivity contribution in [1.29, 1.82) is 0 Å². The summed E-state index contributed by atoms with van der Waals surface area (Å²) in [6.45, 7) is 2.31. The summed E-state index contributed by atoms with van der Waals surface area (Å²) in [6.07, 6.45) is 0. The lowest BCUT2D eigenvalue weighted by atomic mass is 10.2. The van der Waals surface area contributed by atoms with Crippen LogP contribution in [-0.4, -0.2) is 18.7 Å². The SMILES string of the molecule is CCOc1cc2c(=O)oc(-c3ccccc3Cl)nc2cc1OC. The van der Waals surface area contributed by atoms with E-state index in [1.165, 1.54) is 7.11 Å². The third-order valence-corrected chi connectivity index (χ3v) is 3.65. The number of hydrogen-bond acceptors (Lipinski definition) is 5. The lowest BCUT2D eigenvalue weighted by Crippen LogP contribution is -2.05. The maximum absolute atomic E-state index is 12.3.